The molecule has 0 aromatic heterocycles. The summed E-state index contributed by atoms with van der Waals surface area (Å²) in [6.07, 6.45) is 0.624. The molecule has 0 unspecified atom stereocenters. The summed E-state index contributed by atoms with van der Waals surface area (Å²) >= 11 is 1.86. The van der Waals surface area contributed by atoms with Crippen LogP contribution in [0.4, 0.5) is 30.7 Å². The van der Waals surface area contributed by atoms with E-state index in [1.54, 1.807) is 6.07 Å². The molecule has 8 heteroatoms. The van der Waals surface area contributed by atoms with Crippen molar-refractivity contribution in [3.8, 4) is 22.3 Å². The largest absolute Gasteiger partial charge is 0.332 e. The Hall–Kier alpha value is -2.35. The van der Waals surface area contributed by atoms with E-state index in [9.17, 15) is 30.7 Å². The molecule has 0 spiro atoms. The molecule has 0 amide bonds. The van der Waals surface area contributed by atoms with Gasteiger partial charge in [0.1, 0.15) is 34.6 Å². The fraction of sp³-hybridized carbons (Fsp3) is 0.217. The maximum atomic E-state index is 14.7. The van der Waals surface area contributed by atoms with Gasteiger partial charge in [0, 0.05) is 5.56 Å². The summed E-state index contributed by atoms with van der Waals surface area (Å²) in [5.41, 5.74) is -2.44. The van der Waals surface area contributed by atoms with Crippen LogP contribution >= 0.6 is 15.9 Å². The van der Waals surface area contributed by atoms with Crippen molar-refractivity contribution in [2.45, 2.75) is 25.1 Å². The van der Waals surface area contributed by atoms with Crippen LogP contribution in [0.1, 0.15) is 25.0 Å². The first-order valence-corrected chi connectivity index (χ1v) is 10.0. The molecular weight excluding hydrogens is 489 g/mol. The van der Waals surface area contributed by atoms with Gasteiger partial charge < -0.3 is 0 Å². The Morgan fingerprint density at radius 3 is 1.71 bits per heavy atom. The molecule has 3 aromatic carbocycles. The van der Waals surface area contributed by atoms with Crippen molar-refractivity contribution < 1.29 is 30.7 Å². The van der Waals surface area contributed by atoms with E-state index in [0.29, 0.717) is 18.6 Å². The zero-order chi connectivity index (χ0) is 23.1. The second-order valence-corrected chi connectivity index (χ2v) is 8.54. The summed E-state index contributed by atoms with van der Waals surface area (Å²) in [4.78, 5) is -4.00. The van der Waals surface area contributed by atoms with Gasteiger partial charge in [0.15, 0.2) is 0 Å². The Labute approximate surface area is 182 Å². The lowest BCUT2D eigenvalue weighted by Gasteiger charge is -2.14. The van der Waals surface area contributed by atoms with Gasteiger partial charge in [-0.1, -0.05) is 26.0 Å². The van der Waals surface area contributed by atoms with Crippen LogP contribution in [0.15, 0.2) is 42.5 Å². The summed E-state index contributed by atoms with van der Waals surface area (Å²) in [7, 11) is 0. The molecule has 0 saturated carbocycles. The van der Waals surface area contributed by atoms with Gasteiger partial charge in [-0.3, -0.25) is 0 Å². The van der Waals surface area contributed by atoms with Crippen molar-refractivity contribution in [2.75, 3.05) is 0 Å². The molecule has 0 atom stereocenters. The van der Waals surface area contributed by atoms with Gasteiger partial charge in [0.2, 0.25) is 0 Å². The van der Waals surface area contributed by atoms with Crippen molar-refractivity contribution in [3.63, 3.8) is 0 Å². The Kier molecular flexibility index (Phi) is 6.51. The molecule has 0 aliphatic rings. The van der Waals surface area contributed by atoms with Crippen LogP contribution in [-0.2, 0) is 11.3 Å². The third-order valence-corrected chi connectivity index (χ3v) is 5.04. The van der Waals surface area contributed by atoms with E-state index in [1.165, 1.54) is 12.1 Å². The zero-order valence-corrected chi connectivity index (χ0v) is 17.9. The molecule has 0 heterocycles. The lowest BCUT2D eigenvalue weighted by Crippen LogP contribution is -2.10. The van der Waals surface area contributed by atoms with Crippen molar-refractivity contribution in [1.82, 2.24) is 0 Å². The Morgan fingerprint density at radius 1 is 0.742 bits per heavy atom. The number of halogens is 8. The summed E-state index contributed by atoms with van der Waals surface area (Å²) in [6, 6.07) is 6.79. The highest BCUT2D eigenvalue weighted by molar-refractivity contribution is 9.09. The lowest BCUT2D eigenvalue weighted by atomic mass is 9.95. The molecule has 0 fully saturated rings. The quantitative estimate of drug-likeness (QED) is 0.242. The molecule has 31 heavy (non-hydrogen) atoms. The number of hydrogen-bond acceptors (Lipinski definition) is 0. The highest BCUT2D eigenvalue weighted by atomic mass is 79.9. The number of benzene rings is 3. The lowest BCUT2D eigenvalue weighted by molar-refractivity contribution is 0.105. The van der Waals surface area contributed by atoms with Crippen molar-refractivity contribution >= 4 is 15.9 Å². The molecule has 0 N–H and O–H groups in total. The topological polar surface area (TPSA) is 0 Å². The predicted molar refractivity (Wildman–Crippen MR) is 108 cm³/mol. The Balaban J connectivity index is 2.06. The average molecular weight is 505 g/mol. The predicted octanol–water partition coefficient (Wildman–Crippen LogP) is 8.36. The van der Waals surface area contributed by atoms with Crippen LogP contribution in [0.3, 0.4) is 0 Å². The highest BCUT2D eigenvalue weighted by Crippen LogP contribution is 2.40. The van der Waals surface area contributed by atoms with Gasteiger partial charge >= 0.3 is 4.83 Å². The number of hydrogen-bond donors (Lipinski definition) is 0. The second-order valence-electron chi connectivity index (χ2n) is 7.54. The molecule has 0 bridgehead atoms. The van der Waals surface area contributed by atoms with E-state index < -0.39 is 50.6 Å². The van der Waals surface area contributed by atoms with E-state index >= 15 is 0 Å². The zero-order valence-electron chi connectivity index (χ0n) is 16.3. The first-order chi connectivity index (χ1) is 14.4. The summed E-state index contributed by atoms with van der Waals surface area (Å²) in [5.74, 6) is -6.18. The smallest absolute Gasteiger partial charge is 0.206 e. The van der Waals surface area contributed by atoms with Crippen molar-refractivity contribution in [3.05, 3.63) is 82.7 Å². The first-order valence-electron chi connectivity index (χ1n) is 9.23. The van der Waals surface area contributed by atoms with Crippen molar-refractivity contribution in [2.24, 2.45) is 5.92 Å². The molecule has 0 radical (unpaired) electrons. The van der Waals surface area contributed by atoms with E-state index in [-0.39, 0.29) is 17.0 Å². The van der Waals surface area contributed by atoms with Gasteiger partial charge in [-0.15, -0.1) is 0 Å². The van der Waals surface area contributed by atoms with Gasteiger partial charge in [-0.25, -0.2) is 22.0 Å². The van der Waals surface area contributed by atoms with Gasteiger partial charge in [0.25, 0.3) is 0 Å². The highest BCUT2D eigenvalue weighted by Gasteiger charge is 2.35. The fourth-order valence-electron chi connectivity index (χ4n) is 3.38. The minimum atomic E-state index is -4.00. The molecule has 164 valence electrons. The van der Waals surface area contributed by atoms with E-state index in [2.05, 4.69) is 0 Å². The number of rotatable bonds is 5. The number of alkyl halides is 3. The second kappa shape index (κ2) is 8.65. The summed E-state index contributed by atoms with van der Waals surface area (Å²) in [5, 5.41) is 0. The molecular formula is C23H16BrF7. The fourth-order valence-corrected chi connectivity index (χ4v) is 3.76. The Bertz CT molecular complexity index is 1090. The van der Waals surface area contributed by atoms with Crippen LogP contribution in [0.2, 0.25) is 0 Å². The minimum absolute atomic E-state index is 0.0523. The maximum Gasteiger partial charge on any atom is 0.332 e. The monoisotopic (exact) mass is 504 g/mol. The molecule has 0 aliphatic carbocycles. The van der Waals surface area contributed by atoms with Gasteiger partial charge in [-0.05, 0) is 75.3 Å². The van der Waals surface area contributed by atoms with Crippen LogP contribution in [0.25, 0.3) is 22.3 Å². The molecule has 3 rings (SSSR count). The summed E-state index contributed by atoms with van der Waals surface area (Å²) in [6.45, 7) is 3.93. The molecule has 0 saturated heterocycles. The van der Waals surface area contributed by atoms with E-state index in [0.717, 1.165) is 17.7 Å². The third kappa shape index (κ3) is 4.95. The molecule has 3 aromatic rings. The van der Waals surface area contributed by atoms with Crippen molar-refractivity contribution in [1.29, 1.82) is 0 Å². The molecule has 0 nitrogen and oxygen atoms in total. The van der Waals surface area contributed by atoms with Crippen LogP contribution in [0.5, 0.6) is 0 Å². The van der Waals surface area contributed by atoms with Crippen LogP contribution < -0.4 is 0 Å². The Morgan fingerprint density at radius 2 is 1.26 bits per heavy atom. The van der Waals surface area contributed by atoms with Gasteiger partial charge in [0.05, 0.1) is 5.56 Å². The molecule has 0 aliphatic heterocycles. The van der Waals surface area contributed by atoms with Crippen LogP contribution in [0, 0.1) is 35.0 Å². The SMILES string of the molecule is CC(C)Cc1ccc(-c2cc(F)c(-c3cc(F)c(C(F)(F)Br)c(F)c3)c(F)c2)c(F)c1. The summed E-state index contributed by atoms with van der Waals surface area (Å²) < 4.78 is 98.6. The maximum absolute atomic E-state index is 14.7. The van der Waals surface area contributed by atoms with E-state index in [4.69, 9.17) is 0 Å². The van der Waals surface area contributed by atoms with Gasteiger partial charge in [-0.2, -0.15) is 8.78 Å². The van der Waals surface area contributed by atoms with E-state index in [1.807, 2.05) is 29.8 Å². The standard InChI is InChI=1S/C23H16BrF7/c1-11(2)5-12-3-4-15(16(25)6-12)13-7-17(26)21(18(27)8-13)14-9-19(28)22(20(29)10-14)23(24,30)31/h3-4,6-11H,5H2,1-2H3. The third-order valence-electron chi connectivity index (χ3n) is 4.64. The average Bonchev–Trinajstić information content (AvgIpc) is 2.58. The van der Waals surface area contributed by atoms with Crippen LogP contribution in [-0.4, -0.2) is 0 Å². The minimum Gasteiger partial charge on any atom is -0.206 e. The normalized spacial score (nSPS) is 12.0. The first kappa shape index (κ1) is 23.3.